The fraction of sp³-hybridized carbons (Fsp3) is 0.424. The second kappa shape index (κ2) is 10.2. The Morgan fingerprint density at radius 1 is 1.05 bits per heavy atom. The van der Waals surface area contributed by atoms with Crippen molar-refractivity contribution in [2.45, 2.75) is 82.8 Å². The number of aromatic nitrogens is 2. The molecule has 0 spiro atoms. The van der Waals surface area contributed by atoms with E-state index in [9.17, 15) is 14.7 Å². The molecule has 0 saturated heterocycles. The van der Waals surface area contributed by atoms with Crippen molar-refractivity contribution in [3.05, 3.63) is 104 Å². The zero-order chi connectivity index (χ0) is 27.1. The molecule has 2 aliphatic carbocycles. The number of aryl methyl sites for hydroxylation is 1. The number of fused-ring (bicyclic) bond motifs is 1. The van der Waals surface area contributed by atoms with Gasteiger partial charge in [-0.25, -0.2) is 4.98 Å². The van der Waals surface area contributed by atoms with Crippen LogP contribution in [0.5, 0.6) is 0 Å². The lowest BCUT2D eigenvalue weighted by atomic mass is 9.90. The maximum atomic E-state index is 13.4. The number of carbonyl (C=O) groups is 1. The summed E-state index contributed by atoms with van der Waals surface area (Å²) in [6, 6.07) is 16.3. The van der Waals surface area contributed by atoms with E-state index in [1.54, 1.807) is 11.0 Å². The molecule has 0 radical (unpaired) electrons. The fourth-order valence-corrected chi connectivity index (χ4v) is 6.18. The molecule has 39 heavy (non-hydrogen) atoms. The highest BCUT2D eigenvalue weighted by molar-refractivity contribution is 5.82. The molecule has 1 saturated carbocycles. The number of amides is 1. The second-order valence-electron chi connectivity index (χ2n) is 11.7. The highest BCUT2D eigenvalue weighted by Crippen LogP contribution is 2.52. The molecule has 1 aliphatic heterocycles. The molecule has 0 bridgehead atoms. The summed E-state index contributed by atoms with van der Waals surface area (Å²) >= 11 is 0. The van der Waals surface area contributed by atoms with Crippen LogP contribution in [0.4, 0.5) is 0 Å². The highest BCUT2D eigenvalue weighted by Gasteiger charge is 2.49. The molecule has 2 aromatic carbocycles. The quantitative estimate of drug-likeness (QED) is 0.444. The van der Waals surface area contributed by atoms with Crippen molar-refractivity contribution in [1.29, 1.82) is 0 Å². The van der Waals surface area contributed by atoms with Gasteiger partial charge in [-0.15, -0.1) is 0 Å². The first kappa shape index (κ1) is 25.8. The number of hydrogen-bond donors (Lipinski definition) is 2. The van der Waals surface area contributed by atoms with Gasteiger partial charge in [0.05, 0.1) is 23.2 Å². The minimum atomic E-state index is -1.26. The molecular formula is C33H37N3O3. The third kappa shape index (κ3) is 4.87. The number of hydrogen-bond acceptors (Lipinski definition) is 4. The summed E-state index contributed by atoms with van der Waals surface area (Å²) in [5, 5.41) is 11.1. The summed E-state index contributed by atoms with van der Waals surface area (Å²) in [5.74, 6) is 0.805. The Morgan fingerprint density at radius 2 is 1.85 bits per heavy atom. The molecule has 1 atom stereocenters. The number of aliphatic hydroxyl groups excluding tert-OH is 1. The van der Waals surface area contributed by atoms with Gasteiger partial charge in [0, 0.05) is 6.54 Å². The normalized spacial score (nSPS) is 18.9. The SMILES string of the molecule is CC(C)c1cccc(C2(c3nc4c(c(=O)[nH]3)CN(C(=O)[C@H](O)c3cccc(C5=CCCC5)c3)CCC4)CC2)c1. The van der Waals surface area contributed by atoms with Gasteiger partial charge in [-0.3, -0.25) is 9.59 Å². The monoisotopic (exact) mass is 523 g/mol. The smallest absolute Gasteiger partial charge is 0.256 e. The van der Waals surface area contributed by atoms with Crippen molar-refractivity contribution in [3.8, 4) is 0 Å². The summed E-state index contributed by atoms with van der Waals surface area (Å²) < 4.78 is 0. The molecule has 2 heterocycles. The van der Waals surface area contributed by atoms with Crippen LogP contribution >= 0.6 is 0 Å². The van der Waals surface area contributed by atoms with Crippen molar-refractivity contribution < 1.29 is 9.90 Å². The van der Waals surface area contributed by atoms with Crippen LogP contribution < -0.4 is 5.56 Å². The Morgan fingerprint density at radius 3 is 2.59 bits per heavy atom. The summed E-state index contributed by atoms with van der Waals surface area (Å²) in [4.78, 5) is 36.6. The van der Waals surface area contributed by atoms with E-state index in [2.05, 4.69) is 49.2 Å². The van der Waals surface area contributed by atoms with Gasteiger partial charge in [0.15, 0.2) is 6.10 Å². The molecule has 0 unspecified atom stereocenters. The molecular weight excluding hydrogens is 486 g/mol. The number of rotatable bonds is 6. The lowest BCUT2D eigenvalue weighted by molar-refractivity contribution is -0.141. The minimum absolute atomic E-state index is 0.161. The Labute approximate surface area is 229 Å². The highest BCUT2D eigenvalue weighted by atomic mass is 16.3. The van der Waals surface area contributed by atoms with Gasteiger partial charge >= 0.3 is 0 Å². The maximum Gasteiger partial charge on any atom is 0.256 e. The van der Waals surface area contributed by atoms with Gasteiger partial charge in [-0.2, -0.15) is 0 Å². The van der Waals surface area contributed by atoms with Crippen molar-refractivity contribution >= 4 is 11.5 Å². The minimum Gasteiger partial charge on any atom is -0.378 e. The number of H-pyrrole nitrogens is 1. The molecule has 3 aliphatic rings. The molecule has 202 valence electrons. The molecule has 1 amide bonds. The summed E-state index contributed by atoms with van der Waals surface area (Å²) in [7, 11) is 0. The standard InChI is InChI=1S/C33H37N3O3/c1-21(2)23-10-6-13-26(19-23)33(15-16-33)32-34-28-14-7-17-36(20-27(28)30(38)35-32)31(39)29(37)25-12-5-11-24(18-25)22-8-3-4-9-22/h5-6,8,10-13,18-19,21,29,37H,3-4,7,9,14-17,20H2,1-2H3,(H,34,35,38)/t29-/m1/s1. The van der Waals surface area contributed by atoms with Gasteiger partial charge in [-0.1, -0.05) is 62.4 Å². The topological polar surface area (TPSA) is 86.3 Å². The molecule has 1 fully saturated rings. The number of nitrogens with zero attached hydrogens (tertiary/aromatic N) is 2. The number of nitrogens with one attached hydrogen (secondary N) is 1. The summed E-state index contributed by atoms with van der Waals surface area (Å²) in [6.45, 7) is 5.02. The largest absolute Gasteiger partial charge is 0.378 e. The van der Waals surface area contributed by atoms with E-state index in [1.165, 1.54) is 16.7 Å². The van der Waals surface area contributed by atoms with E-state index in [1.807, 2.05) is 18.2 Å². The van der Waals surface area contributed by atoms with Crippen molar-refractivity contribution in [2.24, 2.45) is 0 Å². The van der Waals surface area contributed by atoms with Gasteiger partial charge in [0.1, 0.15) is 5.82 Å². The second-order valence-corrected chi connectivity index (χ2v) is 11.7. The molecule has 6 heteroatoms. The summed E-state index contributed by atoms with van der Waals surface area (Å²) in [5.41, 5.74) is 6.33. The van der Waals surface area contributed by atoms with Gasteiger partial charge in [0.2, 0.25) is 0 Å². The number of allylic oxidation sites excluding steroid dienone is 2. The van der Waals surface area contributed by atoms with Crippen LogP contribution in [0.1, 0.15) is 104 Å². The lowest BCUT2D eigenvalue weighted by Gasteiger charge is -2.24. The number of carbonyl (C=O) groups excluding carboxylic acids is 1. The Balaban J connectivity index is 1.25. The first-order chi connectivity index (χ1) is 18.9. The Bertz CT molecular complexity index is 1500. The molecule has 2 N–H and O–H groups in total. The Hall–Kier alpha value is -3.51. The van der Waals surface area contributed by atoms with Crippen LogP contribution in [0.2, 0.25) is 0 Å². The van der Waals surface area contributed by atoms with Crippen LogP contribution in [0.3, 0.4) is 0 Å². The predicted molar refractivity (Wildman–Crippen MR) is 152 cm³/mol. The lowest BCUT2D eigenvalue weighted by Crippen LogP contribution is -2.36. The van der Waals surface area contributed by atoms with Gasteiger partial charge < -0.3 is 15.0 Å². The van der Waals surface area contributed by atoms with Gasteiger partial charge in [0.25, 0.3) is 11.5 Å². The number of benzene rings is 2. The van der Waals surface area contributed by atoms with Crippen LogP contribution in [-0.4, -0.2) is 32.4 Å². The summed E-state index contributed by atoms with van der Waals surface area (Å²) in [6.07, 6.45) is 7.47. The number of aliphatic hydroxyl groups is 1. The van der Waals surface area contributed by atoms with Crippen LogP contribution in [-0.2, 0) is 23.2 Å². The third-order valence-corrected chi connectivity index (χ3v) is 8.76. The average molecular weight is 524 g/mol. The van der Waals surface area contributed by atoms with Crippen LogP contribution in [0.15, 0.2) is 59.4 Å². The van der Waals surface area contributed by atoms with Crippen molar-refractivity contribution in [1.82, 2.24) is 14.9 Å². The molecule has 3 aromatic rings. The molecule has 6 nitrogen and oxygen atoms in total. The van der Waals surface area contributed by atoms with E-state index in [-0.39, 0.29) is 23.4 Å². The Kier molecular flexibility index (Phi) is 6.76. The van der Waals surface area contributed by atoms with E-state index in [4.69, 9.17) is 4.98 Å². The van der Waals surface area contributed by atoms with E-state index >= 15 is 0 Å². The van der Waals surface area contributed by atoms with E-state index < -0.39 is 6.10 Å². The van der Waals surface area contributed by atoms with E-state index in [0.717, 1.165) is 49.2 Å². The fourth-order valence-electron chi connectivity index (χ4n) is 6.18. The first-order valence-corrected chi connectivity index (χ1v) is 14.3. The molecule has 1 aromatic heterocycles. The average Bonchev–Trinajstić information content (AvgIpc) is 3.64. The molecule has 6 rings (SSSR count). The predicted octanol–water partition coefficient (Wildman–Crippen LogP) is 5.55. The van der Waals surface area contributed by atoms with Crippen molar-refractivity contribution in [2.75, 3.05) is 6.54 Å². The first-order valence-electron chi connectivity index (χ1n) is 14.3. The zero-order valence-corrected chi connectivity index (χ0v) is 22.9. The number of aromatic amines is 1. The van der Waals surface area contributed by atoms with Crippen LogP contribution in [0, 0.1) is 0 Å². The third-order valence-electron chi connectivity index (χ3n) is 8.76. The zero-order valence-electron chi connectivity index (χ0n) is 22.9. The van der Waals surface area contributed by atoms with E-state index in [0.29, 0.717) is 36.4 Å². The van der Waals surface area contributed by atoms with Crippen molar-refractivity contribution in [3.63, 3.8) is 0 Å². The van der Waals surface area contributed by atoms with Gasteiger partial charge in [-0.05, 0) is 84.8 Å². The maximum absolute atomic E-state index is 13.4. The van der Waals surface area contributed by atoms with Crippen LogP contribution in [0.25, 0.3) is 5.57 Å².